The van der Waals surface area contributed by atoms with Gasteiger partial charge in [-0.15, -0.1) is 0 Å². The van der Waals surface area contributed by atoms with Gasteiger partial charge in [-0.2, -0.15) is 4.72 Å². The van der Waals surface area contributed by atoms with Crippen LogP contribution in [-0.4, -0.2) is 44.2 Å². The summed E-state index contributed by atoms with van der Waals surface area (Å²) in [6.07, 6.45) is 0.607. The van der Waals surface area contributed by atoms with Gasteiger partial charge >= 0.3 is 6.09 Å². The lowest BCUT2D eigenvalue weighted by atomic mass is 10.1. The second kappa shape index (κ2) is 6.91. The lowest BCUT2D eigenvalue weighted by molar-refractivity contribution is 0.184. The quantitative estimate of drug-likeness (QED) is 0.659. The van der Waals surface area contributed by atoms with Gasteiger partial charge in [0, 0.05) is 12.6 Å². The molecule has 0 aliphatic heterocycles. The Bertz CT molecular complexity index is 357. The summed E-state index contributed by atoms with van der Waals surface area (Å²) in [6, 6.07) is 0. The second-order valence-corrected chi connectivity index (χ2v) is 7.05. The zero-order valence-corrected chi connectivity index (χ0v) is 12.0. The highest BCUT2D eigenvalue weighted by atomic mass is 32.2. The summed E-state index contributed by atoms with van der Waals surface area (Å²) in [5, 5.41) is 10.3. The van der Waals surface area contributed by atoms with E-state index in [0.29, 0.717) is 0 Å². The van der Waals surface area contributed by atoms with Gasteiger partial charge in [-0.25, -0.2) is 13.2 Å². The number of hydrogen-bond donors (Lipinski definition) is 3. The van der Waals surface area contributed by atoms with E-state index in [1.807, 2.05) is 0 Å². The highest BCUT2D eigenvalue weighted by Crippen LogP contribution is 2.27. The van der Waals surface area contributed by atoms with Gasteiger partial charge in [-0.1, -0.05) is 0 Å². The smallest absolute Gasteiger partial charge is 0.405 e. The molecule has 0 heterocycles. The molecule has 0 aromatic rings. The summed E-state index contributed by atoms with van der Waals surface area (Å²) in [6.45, 7) is 5.46. The largest absolute Gasteiger partial charge is 0.465 e. The van der Waals surface area contributed by atoms with Gasteiger partial charge in [0.05, 0.1) is 5.25 Å². The van der Waals surface area contributed by atoms with E-state index >= 15 is 0 Å². The molecule has 108 valence electrons. The van der Waals surface area contributed by atoms with E-state index in [1.54, 1.807) is 20.8 Å². The summed E-state index contributed by atoms with van der Waals surface area (Å²) < 4.78 is 28.8. The van der Waals surface area contributed by atoms with E-state index in [-0.39, 0.29) is 17.5 Å². The summed E-state index contributed by atoms with van der Waals surface area (Å²) in [5.74, 6) is 0. The number of hydrogen-bond acceptors (Lipinski definition) is 4. The van der Waals surface area contributed by atoms with E-state index < -0.39 is 16.1 Å². The average Bonchev–Trinajstić information content (AvgIpc) is 2.94. The Balaban J connectivity index is 0.000000331. The Labute approximate surface area is 108 Å². The van der Waals surface area contributed by atoms with Crippen molar-refractivity contribution in [1.82, 2.24) is 10.0 Å². The Morgan fingerprint density at radius 1 is 1.39 bits per heavy atom. The lowest BCUT2D eigenvalue weighted by Crippen LogP contribution is -2.39. The molecule has 0 aromatic carbocycles. The molecule has 1 saturated carbocycles. The molecular weight excluding hydrogens is 260 g/mol. The molecule has 0 aromatic heterocycles. The van der Waals surface area contributed by atoms with Crippen LogP contribution in [-0.2, 0) is 14.8 Å². The second-order valence-electron chi connectivity index (χ2n) is 5.00. The third-order valence-electron chi connectivity index (χ3n) is 1.85. The molecule has 0 bridgehead atoms. The number of rotatable bonds is 4. The number of methoxy groups -OCH3 is 1. The molecule has 1 aliphatic rings. The van der Waals surface area contributed by atoms with Crippen molar-refractivity contribution in [3.63, 3.8) is 0 Å². The highest BCUT2D eigenvalue weighted by Gasteiger charge is 2.35. The van der Waals surface area contributed by atoms with Gasteiger partial charge in [0.2, 0.25) is 10.0 Å². The molecule has 1 fully saturated rings. The van der Waals surface area contributed by atoms with E-state index in [1.165, 1.54) is 7.11 Å². The molecule has 7 nitrogen and oxygen atoms in total. The maximum absolute atomic E-state index is 11.0. The minimum atomic E-state index is -3.02. The first-order valence-corrected chi connectivity index (χ1v) is 7.11. The molecule has 0 radical (unpaired) electrons. The zero-order valence-electron chi connectivity index (χ0n) is 11.2. The number of carbonyl (C=O) groups is 1. The van der Waals surface area contributed by atoms with Crippen molar-refractivity contribution in [2.75, 3.05) is 13.8 Å². The van der Waals surface area contributed by atoms with E-state index in [0.717, 1.165) is 12.8 Å². The van der Waals surface area contributed by atoms with Gasteiger partial charge < -0.3 is 15.2 Å². The zero-order chi connectivity index (χ0) is 14.4. The van der Waals surface area contributed by atoms with Crippen molar-refractivity contribution in [3.05, 3.63) is 0 Å². The Morgan fingerprint density at radius 2 is 1.89 bits per heavy atom. The Morgan fingerprint density at radius 3 is 2.11 bits per heavy atom. The van der Waals surface area contributed by atoms with E-state index in [9.17, 15) is 13.2 Å². The Hall–Kier alpha value is -0.860. The molecular formula is C10H22N2O5S. The molecule has 1 amide bonds. The number of amides is 1. The summed E-state index contributed by atoms with van der Waals surface area (Å²) in [4.78, 5) is 9.90. The fraction of sp³-hybridized carbons (Fsp3) is 0.900. The van der Waals surface area contributed by atoms with E-state index in [2.05, 4.69) is 14.8 Å². The lowest BCUT2D eigenvalue weighted by Gasteiger charge is -2.16. The molecule has 1 rings (SSSR count). The van der Waals surface area contributed by atoms with Crippen LogP contribution in [0, 0.1) is 0 Å². The van der Waals surface area contributed by atoms with Crippen molar-refractivity contribution in [2.45, 2.75) is 44.4 Å². The first-order valence-electron chi connectivity index (χ1n) is 5.57. The summed E-state index contributed by atoms with van der Waals surface area (Å²) >= 11 is 0. The minimum absolute atomic E-state index is 0.0822. The van der Waals surface area contributed by atoms with Crippen LogP contribution in [0.1, 0.15) is 33.6 Å². The van der Waals surface area contributed by atoms with Gasteiger partial charge in [0.1, 0.15) is 6.73 Å². The molecule has 0 spiro atoms. The van der Waals surface area contributed by atoms with Crippen LogP contribution in [0.15, 0.2) is 0 Å². The number of carboxylic acid groups (broad SMARTS) is 1. The van der Waals surface area contributed by atoms with Crippen molar-refractivity contribution < 1.29 is 23.1 Å². The van der Waals surface area contributed by atoms with Crippen LogP contribution in [0.25, 0.3) is 0 Å². The molecule has 3 N–H and O–H groups in total. The molecule has 8 heteroatoms. The normalized spacial score (nSPS) is 15.6. The van der Waals surface area contributed by atoms with Crippen LogP contribution >= 0.6 is 0 Å². The predicted octanol–water partition coefficient (Wildman–Crippen LogP) is 0.725. The maximum atomic E-state index is 11.0. The monoisotopic (exact) mass is 282 g/mol. The van der Waals surface area contributed by atoms with Crippen LogP contribution in [0.5, 0.6) is 0 Å². The van der Waals surface area contributed by atoms with Crippen LogP contribution in [0.2, 0.25) is 0 Å². The van der Waals surface area contributed by atoms with Crippen molar-refractivity contribution in [2.24, 2.45) is 0 Å². The average molecular weight is 282 g/mol. The molecule has 0 unspecified atom stereocenters. The number of ether oxygens (including phenoxy) is 1. The molecule has 0 saturated heterocycles. The van der Waals surface area contributed by atoms with Crippen molar-refractivity contribution in [1.29, 1.82) is 0 Å². The summed E-state index contributed by atoms with van der Waals surface area (Å²) in [5.41, 5.74) is -0.328. The van der Waals surface area contributed by atoms with Crippen LogP contribution in [0.4, 0.5) is 4.79 Å². The van der Waals surface area contributed by atoms with Crippen molar-refractivity contribution >= 4 is 16.1 Å². The van der Waals surface area contributed by atoms with Crippen LogP contribution in [0.3, 0.4) is 0 Å². The SMILES string of the molecule is CC(C)(C)NC(=O)O.COCNS(=O)(=O)C1CC1. The Kier molecular flexibility index (Phi) is 6.58. The third kappa shape index (κ3) is 9.20. The fourth-order valence-corrected chi connectivity index (χ4v) is 2.23. The predicted molar refractivity (Wildman–Crippen MR) is 67.9 cm³/mol. The van der Waals surface area contributed by atoms with E-state index in [4.69, 9.17) is 5.11 Å². The summed E-state index contributed by atoms with van der Waals surface area (Å²) in [7, 11) is -1.57. The highest BCUT2D eigenvalue weighted by molar-refractivity contribution is 7.90. The van der Waals surface area contributed by atoms with Gasteiger partial charge in [-0.3, -0.25) is 0 Å². The topological polar surface area (TPSA) is 105 Å². The van der Waals surface area contributed by atoms with Gasteiger partial charge in [0.15, 0.2) is 0 Å². The minimum Gasteiger partial charge on any atom is -0.465 e. The van der Waals surface area contributed by atoms with Gasteiger partial charge in [0.25, 0.3) is 0 Å². The van der Waals surface area contributed by atoms with Gasteiger partial charge in [-0.05, 0) is 33.6 Å². The first kappa shape index (κ1) is 17.1. The van der Waals surface area contributed by atoms with Crippen LogP contribution < -0.4 is 10.0 Å². The molecule has 18 heavy (non-hydrogen) atoms. The first-order chi connectivity index (χ1) is 8.08. The standard InChI is InChI=1S/C5H11NO3S.C5H11NO2/c1-9-4-6-10(7,8)5-2-3-5;1-5(2,3)6-4(7)8/h5-6H,2-4H2,1H3;6H,1-3H3,(H,7,8). The fourth-order valence-electron chi connectivity index (χ4n) is 0.958. The number of sulfonamides is 1. The molecule has 1 aliphatic carbocycles. The molecule has 0 atom stereocenters. The third-order valence-corrected chi connectivity index (χ3v) is 3.72. The maximum Gasteiger partial charge on any atom is 0.405 e. The van der Waals surface area contributed by atoms with Crippen molar-refractivity contribution in [3.8, 4) is 0 Å². The number of nitrogens with one attached hydrogen (secondary N) is 2.